The quantitative estimate of drug-likeness (QED) is 0.823. The first-order chi connectivity index (χ1) is 7.58. The van der Waals surface area contributed by atoms with E-state index in [0.29, 0.717) is 11.6 Å². The van der Waals surface area contributed by atoms with Gasteiger partial charge in [-0.1, -0.05) is 6.92 Å². The Bertz CT molecular complexity index is 390. The number of likely N-dealkylation sites (tertiary alicyclic amines) is 1. The summed E-state index contributed by atoms with van der Waals surface area (Å²) in [5.74, 6) is 0.431. The SMILES string of the molecule is CC1CN(C(=O)c2cc(Br)c[nH]2)CCC1N. The van der Waals surface area contributed by atoms with Crippen LogP contribution in [0.2, 0.25) is 0 Å². The zero-order chi connectivity index (χ0) is 11.7. The van der Waals surface area contributed by atoms with Crippen LogP contribution >= 0.6 is 15.9 Å². The second-order valence-electron chi connectivity index (χ2n) is 4.41. The summed E-state index contributed by atoms with van der Waals surface area (Å²) in [5.41, 5.74) is 6.56. The lowest BCUT2D eigenvalue weighted by molar-refractivity contribution is 0.0659. The first-order valence-corrected chi connectivity index (χ1v) is 6.26. The largest absolute Gasteiger partial charge is 0.356 e. The van der Waals surface area contributed by atoms with Gasteiger partial charge in [-0.05, 0) is 34.3 Å². The second kappa shape index (κ2) is 4.59. The Morgan fingerprint density at radius 3 is 3.00 bits per heavy atom. The molecule has 1 aromatic heterocycles. The van der Waals surface area contributed by atoms with Gasteiger partial charge < -0.3 is 15.6 Å². The smallest absolute Gasteiger partial charge is 0.270 e. The molecule has 1 fully saturated rings. The Labute approximate surface area is 103 Å². The minimum Gasteiger partial charge on any atom is -0.356 e. The van der Waals surface area contributed by atoms with Gasteiger partial charge in [0, 0.05) is 29.8 Å². The van der Waals surface area contributed by atoms with Crippen molar-refractivity contribution in [1.29, 1.82) is 0 Å². The van der Waals surface area contributed by atoms with E-state index in [1.165, 1.54) is 0 Å². The van der Waals surface area contributed by atoms with E-state index >= 15 is 0 Å². The van der Waals surface area contributed by atoms with Gasteiger partial charge in [0.2, 0.25) is 0 Å². The fraction of sp³-hybridized carbons (Fsp3) is 0.545. The molecule has 0 aromatic carbocycles. The lowest BCUT2D eigenvalue weighted by atomic mass is 9.94. The Balaban J connectivity index is 2.06. The highest BCUT2D eigenvalue weighted by atomic mass is 79.9. The molecule has 2 rings (SSSR count). The Morgan fingerprint density at radius 2 is 2.44 bits per heavy atom. The molecule has 1 aliphatic heterocycles. The lowest BCUT2D eigenvalue weighted by Crippen LogP contribution is -2.48. The van der Waals surface area contributed by atoms with E-state index in [9.17, 15) is 4.79 Å². The van der Waals surface area contributed by atoms with Gasteiger partial charge in [0.25, 0.3) is 5.91 Å². The molecule has 0 aliphatic carbocycles. The summed E-state index contributed by atoms with van der Waals surface area (Å²) in [6.45, 7) is 3.59. The van der Waals surface area contributed by atoms with Crippen molar-refractivity contribution in [2.24, 2.45) is 11.7 Å². The maximum Gasteiger partial charge on any atom is 0.270 e. The van der Waals surface area contributed by atoms with Crippen molar-refractivity contribution >= 4 is 21.8 Å². The number of piperidine rings is 1. The van der Waals surface area contributed by atoms with Crippen LogP contribution in [0.3, 0.4) is 0 Å². The molecule has 2 heterocycles. The maximum atomic E-state index is 12.1. The van der Waals surface area contributed by atoms with Crippen LogP contribution < -0.4 is 5.73 Å². The lowest BCUT2D eigenvalue weighted by Gasteiger charge is -2.34. The Hall–Kier alpha value is -0.810. The highest BCUT2D eigenvalue weighted by Gasteiger charge is 2.27. The topological polar surface area (TPSA) is 62.1 Å². The maximum absolute atomic E-state index is 12.1. The van der Waals surface area contributed by atoms with Crippen molar-refractivity contribution in [2.45, 2.75) is 19.4 Å². The number of aromatic nitrogens is 1. The van der Waals surface area contributed by atoms with Gasteiger partial charge in [0.15, 0.2) is 0 Å². The van der Waals surface area contributed by atoms with E-state index in [2.05, 4.69) is 27.8 Å². The van der Waals surface area contributed by atoms with Crippen LogP contribution in [0, 0.1) is 5.92 Å². The number of H-pyrrole nitrogens is 1. The van der Waals surface area contributed by atoms with Crippen molar-refractivity contribution < 1.29 is 4.79 Å². The minimum atomic E-state index is 0.0597. The third kappa shape index (κ3) is 2.30. The number of nitrogens with zero attached hydrogens (tertiary/aromatic N) is 1. The molecule has 88 valence electrons. The van der Waals surface area contributed by atoms with Crippen LogP contribution in [0.25, 0.3) is 0 Å². The first-order valence-electron chi connectivity index (χ1n) is 5.46. The normalized spacial score (nSPS) is 25.8. The molecule has 2 unspecified atom stereocenters. The van der Waals surface area contributed by atoms with E-state index in [-0.39, 0.29) is 11.9 Å². The molecule has 0 saturated carbocycles. The van der Waals surface area contributed by atoms with Gasteiger partial charge in [-0.15, -0.1) is 0 Å². The second-order valence-corrected chi connectivity index (χ2v) is 5.33. The number of aromatic amines is 1. The van der Waals surface area contributed by atoms with Crippen LogP contribution in [0.4, 0.5) is 0 Å². The molecule has 0 spiro atoms. The highest BCUT2D eigenvalue weighted by Crippen LogP contribution is 2.18. The molecule has 16 heavy (non-hydrogen) atoms. The molecule has 3 N–H and O–H groups in total. The molecule has 1 aromatic rings. The molecule has 1 saturated heterocycles. The highest BCUT2D eigenvalue weighted by molar-refractivity contribution is 9.10. The van der Waals surface area contributed by atoms with Crippen LogP contribution in [0.15, 0.2) is 16.7 Å². The van der Waals surface area contributed by atoms with E-state index in [1.807, 2.05) is 11.0 Å². The van der Waals surface area contributed by atoms with Crippen LogP contribution in [0.5, 0.6) is 0 Å². The zero-order valence-electron chi connectivity index (χ0n) is 9.24. The van der Waals surface area contributed by atoms with E-state index < -0.39 is 0 Å². The van der Waals surface area contributed by atoms with Gasteiger partial charge >= 0.3 is 0 Å². The average molecular weight is 286 g/mol. The van der Waals surface area contributed by atoms with Crippen LogP contribution in [-0.2, 0) is 0 Å². The third-order valence-corrected chi connectivity index (χ3v) is 3.59. The van der Waals surface area contributed by atoms with E-state index in [4.69, 9.17) is 5.73 Å². The van der Waals surface area contributed by atoms with E-state index in [1.54, 1.807) is 6.20 Å². The van der Waals surface area contributed by atoms with Crippen molar-refractivity contribution in [3.8, 4) is 0 Å². The monoisotopic (exact) mass is 285 g/mol. The summed E-state index contributed by atoms with van der Waals surface area (Å²) < 4.78 is 0.901. The molecular weight excluding hydrogens is 270 g/mol. The number of rotatable bonds is 1. The fourth-order valence-electron chi connectivity index (χ4n) is 2.01. The molecule has 2 atom stereocenters. The number of nitrogens with two attached hydrogens (primary N) is 1. The third-order valence-electron chi connectivity index (χ3n) is 3.14. The number of hydrogen-bond donors (Lipinski definition) is 2. The summed E-state index contributed by atoms with van der Waals surface area (Å²) in [7, 11) is 0. The van der Waals surface area contributed by atoms with Crippen molar-refractivity contribution in [1.82, 2.24) is 9.88 Å². The van der Waals surface area contributed by atoms with Gasteiger partial charge in [-0.3, -0.25) is 4.79 Å². The molecule has 1 amide bonds. The minimum absolute atomic E-state index is 0.0597. The molecule has 0 radical (unpaired) electrons. The van der Waals surface area contributed by atoms with Gasteiger partial charge in [0.05, 0.1) is 0 Å². The number of halogens is 1. The summed E-state index contributed by atoms with van der Waals surface area (Å²) in [6.07, 6.45) is 2.65. The van der Waals surface area contributed by atoms with Crippen molar-refractivity contribution in [3.05, 3.63) is 22.4 Å². The average Bonchev–Trinajstić information content (AvgIpc) is 2.68. The van der Waals surface area contributed by atoms with Gasteiger partial charge in [-0.25, -0.2) is 0 Å². The van der Waals surface area contributed by atoms with Crippen LogP contribution in [0.1, 0.15) is 23.8 Å². The van der Waals surface area contributed by atoms with Crippen molar-refractivity contribution in [3.63, 3.8) is 0 Å². The number of amides is 1. The number of carbonyl (C=O) groups excluding carboxylic acids is 1. The predicted octanol–water partition coefficient (Wildman–Crippen LogP) is 1.59. The number of carbonyl (C=O) groups is 1. The summed E-state index contributed by atoms with van der Waals surface area (Å²) in [4.78, 5) is 16.9. The zero-order valence-corrected chi connectivity index (χ0v) is 10.8. The number of nitrogens with one attached hydrogen (secondary N) is 1. The first kappa shape index (κ1) is 11.7. The fourth-order valence-corrected chi connectivity index (χ4v) is 2.35. The Morgan fingerprint density at radius 1 is 1.69 bits per heavy atom. The van der Waals surface area contributed by atoms with Crippen molar-refractivity contribution in [2.75, 3.05) is 13.1 Å². The van der Waals surface area contributed by atoms with Gasteiger partial charge in [0.1, 0.15) is 5.69 Å². The van der Waals surface area contributed by atoms with Gasteiger partial charge in [-0.2, -0.15) is 0 Å². The van der Waals surface area contributed by atoms with E-state index in [0.717, 1.165) is 24.0 Å². The standard InChI is InChI=1S/C11H16BrN3O/c1-7-6-15(3-2-9(7)13)11(16)10-4-8(12)5-14-10/h4-5,7,9,14H,2-3,6,13H2,1H3. The molecular formula is C11H16BrN3O. The Kier molecular flexibility index (Phi) is 3.35. The summed E-state index contributed by atoms with van der Waals surface area (Å²) >= 11 is 3.32. The summed E-state index contributed by atoms with van der Waals surface area (Å²) in [6, 6.07) is 2.03. The number of hydrogen-bond acceptors (Lipinski definition) is 2. The predicted molar refractivity (Wildman–Crippen MR) is 66.2 cm³/mol. The van der Waals surface area contributed by atoms with Crippen LogP contribution in [-0.4, -0.2) is 34.9 Å². The summed E-state index contributed by atoms with van der Waals surface area (Å²) in [5, 5.41) is 0. The molecule has 4 nitrogen and oxygen atoms in total. The molecule has 5 heteroatoms. The molecule has 0 bridgehead atoms. The molecule has 1 aliphatic rings.